The first-order valence-corrected chi connectivity index (χ1v) is 2.94. The normalized spacial score (nSPS) is 9.00. The smallest absolute Gasteiger partial charge is 0.0256 e. The minimum atomic E-state index is 1.07. The Morgan fingerprint density at radius 2 is 1.78 bits per heavy atom. The topological polar surface area (TPSA) is 0 Å². The highest BCUT2D eigenvalue weighted by atomic mass is 13.9. The van der Waals surface area contributed by atoms with E-state index in [9.17, 15) is 0 Å². The Balaban J connectivity index is 3.01. The summed E-state index contributed by atoms with van der Waals surface area (Å²) < 4.78 is 0. The predicted octanol–water partition coefficient (Wildman–Crippen LogP) is 2.44. The lowest BCUT2D eigenvalue weighted by atomic mass is 10.2. The van der Waals surface area contributed by atoms with Gasteiger partial charge in [-0.2, -0.15) is 0 Å². The van der Waals surface area contributed by atoms with Gasteiger partial charge in [0, 0.05) is 0 Å². The van der Waals surface area contributed by atoms with E-state index in [1.807, 2.05) is 24.3 Å². The average Bonchev–Trinajstić information content (AvgIpc) is 1.90. The summed E-state index contributed by atoms with van der Waals surface area (Å²) in [5.74, 6) is 0. The van der Waals surface area contributed by atoms with Gasteiger partial charge >= 0.3 is 0 Å². The largest absolute Gasteiger partial charge is 0.0617 e. The van der Waals surface area contributed by atoms with Crippen molar-refractivity contribution in [1.82, 2.24) is 0 Å². The van der Waals surface area contributed by atoms with Gasteiger partial charge in [-0.15, -0.1) is 0 Å². The summed E-state index contributed by atoms with van der Waals surface area (Å²) in [6.45, 7) is 7.33. The van der Waals surface area contributed by atoms with Crippen molar-refractivity contribution in [3.63, 3.8) is 0 Å². The molecular formula is C9H9. The summed E-state index contributed by atoms with van der Waals surface area (Å²) in [7, 11) is 0. The van der Waals surface area contributed by atoms with Crippen molar-refractivity contribution in [3.05, 3.63) is 42.0 Å². The van der Waals surface area contributed by atoms with Crippen LogP contribution in [0.25, 0.3) is 6.08 Å². The number of hydrogen-bond donors (Lipinski definition) is 0. The summed E-state index contributed by atoms with van der Waals surface area (Å²) >= 11 is 0. The molecule has 9 heavy (non-hydrogen) atoms. The number of benzene rings is 1. The molecule has 0 aliphatic carbocycles. The molecule has 0 saturated heterocycles. The van der Waals surface area contributed by atoms with Crippen LogP contribution >= 0.6 is 0 Å². The summed E-state index contributed by atoms with van der Waals surface area (Å²) in [4.78, 5) is 0. The minimum absolute atomic E-state index is 1.07. The van der Waals surface area contributed by atoms with Gasteiger partial charge in [0.1, 0.15) is 0 Å². The second-order valence-corrected chi connectivity index (χ2v) is 2.08. The van der Waals surface area contributed by atoms with Gasteiger partial charge in [0.25, 0.3) is 0 Å². The van der Waals surface area contributed by atoms with Crippen LogP contribution in [0.2, 0.25) is 0 Å². The first-order valence-electron chi connectivity index (χ1n) is 2.94. The van der Waals surface area contributed by atoms with E-state index >= 15 is 0 Å². The number of hydrogen-bond acceptors (Lipinski definition) is 0. The number of rotatable bonds is 1. The summed E-state index contributed by atoms with van der Waals surface area (Å²) in [5.41, 5.74) is 2.33. The van der Waals surface area contributed by atoms with E-state index in [1.165, 1.54) is 5.56 Å². The molecule has 0 fully saturated rings. The molecule has 0 heteroatoms. The lowest BCUT2D eigenvalue weighted by Gasteiger charge is -1.91. The van der Waals surface area contributed by atoms with Crippen LogP contribution in [0.1, 0.15) is 11.1 Å². The summed E-state index contributed by atoms with van der Waals surface area (Å²) in [5, 5.41) is 0. The Morgan fingerprint density at radius 1 is 1.22 bits per heavy atom. The first kappa shape index (κ1) is 6.09. The molecule has 45 valence electrons. The summed E-state index contributed by atoms with van der Waals surface area (Å²) in [6, 6.07) is 8.07. The predicted molar refractivity (Wildman–Crippen MR) is 39.9 cm³/mol. The van der Waals surface area contributed by atoms with Crippen LogP contribution in [0.3, 0.4) is 0 Å². The molecule has 1 rings (SSSR count). The minimum Gasteiger partial charge on any atom is -0.0617 e. The van der Waals surface area contributed by atoms with Crippen molar-refractivity contribution in [1.29, 1.82) is 0 Å². The van der Waals surface area contributed by atoms with Gasteiger partial charge in [-0.25, -0.2) is 0 Å². The van der Waals surface area contributed by atoms with E-state index < -0.39 is 0 Å². The molecule has 1 aromatic carbocycles. The van der Waals surface area contributed by atoms with E-state index in [0.717, 1.165) is 5.56 Å². The quantitative estimate of drug-likeness (QED) is 0.530. The highest BCUT2D eigenvalue weighted by Crippen LogP contribution is 2.02. The zero-order valence-electron chi connectivity index (χ0n) is 5.46. The van der Waals surface area contributed by atoms with Crippen LogP contribution in [-0.4, -0.2) is 0 Å². The van der Waals surface area contributed by atoms with Crippen molar-refractivity contribution >= 4 is 6.08 Å². The molecule has 1 radical (unpaired) electrons. The molecule has 0 N–H and O–H groups in total. The van der Waals surface area contributed by atoms with Gasteiger partial charge in [0.15, 0.2) is 0 Å². The molecule has 0 nitrogen and oxygen atoms in total. The van der Waals surface area contributed by atoms with Crippen LogP contribution in [0.4, 0.5) is 0 Å². The maximum atomic E-state index is 5.27. The van der Waals surface area contributed by atoms with Gasteiger partial charge in [-0.05, 0) is 12.5 Å². The fraction of sp³-hybridized carbons (Fsp3) is 0.111. The third-order valence-electron chi connectivity index (χ3n) is 1.27. The molecule has 1 aromatic rings. The Kier molecular flexibility index (Phi) is 1.69. The molecule has 0 amide bonds. The van der Waals surface area contributed by atoms with Crippen LogP contribution in [0.5, 0.6) is 0 Å². The van der Waals surface area contributed by atoms with Crippen molar-refractivity contribution in [2.75, 3.05) is 0 Å². The second kappa shape index (κ2) is 2.49. The van der Waals surface area contributed by atoms with Gasteiger partial charge in [-0.3, -0.25) is 0 Å². The third-order valence-corrected chi connectivity index (χ3v) is 1.27. The Morgan fingerprint density at radius 3 is 2.22 bits per heavy atom. The Hall–Kier alpha value is -1.04. The molecule has 0 aliphatic heterocycles. The maximum Gasteiger partial charge on any atom is -0.0256 e. The lowest BCUT2D eigenvalue weighted by molar-refractivity contribution is 1.46. The van der Waals surface area contributed by atoms with Gasteiger partial charge < -0.3 is 0 Å². The molecule has 0 saturated carbocycles. The molecule has 0 spiro atoms. The van der Waals surface area contributed by atoms with Gasteiger partial charge in [0.05, 0.1) is 0 Å². The summed E-state index contributed by atoms with van der Waals surface area (Å²) in [6.07, 6.45) is 1.60. The van der Waals surface area contributed by atoms with E-state index in [4.69, 9.17) is 6.58 Å². The van der Waals surface area contributed by atoms with E-state index in [-0.39, 0.29) is 0 Å². The molecule has 0 aromatic heterocycles. The van der Waals surface area contributed by atoms with Crippen molar-refractivity contribution < 1.29 is 0 Å². The molecule has 0 unspecified atom stereocenters. The van der Waals surface area contributed by atoms with Crippen molar-refractivity contribution in [2.45, 2.75) is 6.92 Å². The molecule has 0 heterocycles. The van der Waals surface area contributed by atoms with E-state index in [0.29, 0.717) is 0 Å². The maximum absolute atomic E-state index is 5.27. The standard InChI is InChI=1S/C9H9/c1-3-9-6-4-8(2)5-7-9/h1,3-7H,2H3. The Bertz CT molecular complexity index is 194. The molecular weight excluding hydrogens is 108 g/mol. The second-order valence-electron chi connectivity index (χ2n) is 2.08. The SMILES string of the molecule is [CH]=Cc1ccc(C)cc1. The fourth-order valence-corrected chi connectivity index (χ4v) is 0.678. The van der Waals surface area contributed by atoms with Gasteiger partial charge in [-0.1, -0.05) is 42.5 Å². The fourth-order valence-electron chi connectivity index (χ4n) is 0.678. The van der Waals surface area contributed by atoms with E-state index in [1.54, 1.807) is 6.08 Å². The first-order chi connectivity index (χ1) is 4.33. The van der Waals surface area contributed by atoms with Crippen LogP contribution < -0.4 is 0 Å². The zero-order chi connectivity index (χ0) is 6.69. The van der Waals surface area contributed by atoms with Gasteiger partial charge in [0.2, 0.25) is 0 Å². The average molecular weight is 117 g/mol. The van der Waals surface area contributed by atoms with Crippen molar-refractivity contribution in [2.24, 2.45) is 0 Å². The molecule has 0 aliphatic rings. The lowest BCUT2D eigenvalue weighted by Crippen LogP contribution is -1.71. The zero-order valence-corrected chi connectivity index (χ0v) is 5.46. The molecule has 0 bridgehead atoms. The van der Waals surface area contributed by atoms with Crippen molar-refractivity contribution in [3.8, 4) is 0 Å². The van der Waals surface area contributed by atoms with Crippen LogP contribution in [0, 0.1) is 13.5 Å². The highest BCUT2D eigenvalue weighted by molar-refractivity contribution is 5.45. The highest BCUT2D eigenvalue weighted by Gasteiger charge is 1.82. The van der Waals surface area contributed by atoms with Crippen LogP contribution in [0.15, 0.2) is 24.3 Å². The third kappa shape index (κ3) is 1.43. The van der Waals surface area contributed by atoms with E-state index in [2.05, 4.69) is 6.92 Å². The number of aryl methyl sites for hydroxylation is 1. The van der Waals surface area contributed by atoms with Crippen LogP contribution in [-0.2, 0) is 0 Å². The Labute approximate surface area is 55.8 Å². The molecule has 0 atom stereocenters. The monoisotopic (exact) mass is 117 g/mol.